The lowest BCUT2D eigenvalue weighted by molar-refractivity contribution is 0.148. The molecule has 1 aromatic carbocycles. The summed E-state index contributed by atoms with van der Waals surface area (Å²) in [5.41, 5.74) is 2.78. The molecule has 0 atom stereocenters. The molecular formula is C21H30O. The van der Waals surface area contributed by atoms with E-state index in [2.05, 4.69) is 43.3 Å². The Hall–Kier alpha value is -1.34. The third-order valence-electron chi connectivity index (χ3n) is 4.59. The Morgan fingerprint density at radius 1 is 1.05 bits per heavy atom. The van der Waals surface area contributed by atoms with E-state index in [1.54, 1.807) is 0 Å². The van der Waals surface area contributed by atoms with Crippen LogP contribution in [0.5, 0.6) is 0 Å². The number of benzene rings is 1. The normalized spacial score (nSPS) is 22.6. The van der Waals surface area contributed by atoms with Gasteiger partial charge < -0.3 is 4.74 Å². The van der Waals surface area contributed by atoms with E-state index in [9.17, 15) is 0 Å². The topological polar surface area (TPSA) is 9.23 Å². The summed E-state index contributed by atoms with van der Waals surface area (Å²) >= 11 is 0. The Morgan fingerprint density at radius 3 is 2.41 bits per heavy atom. The molecule has 1 heteroatoms. The van der Waals surface area contributed by atoms with Crippen LogP contribution >= 0.6 is 0 Å². The summed E-state index contributed by atoms with van der Waals surface area (Å²) in [7, 11) is 0. The SMILES string of the molecule is CC=CCOCc1ccc(C2CCC(/C=C/CC)CC2)cc1. The second-order valence-electron chi connectivity index (χ2n) is 6.27. The third-order valence-corrected chi connectivity index (χ3v) is 4.59. The van der Waals surface area contributed by atoms with Crippen LogP contribution in [-0.4, -0.2) is 6.61 Å². The minimum atomic E-state index is 0.702. The van der Waals surface area contributed by atoms with Gasteiger partial charge in [-0.05, 0) is 62.0 Å². The fourth-order valence-electron chi connectivity index (χ4n) is 3.20. The maximum absolute atomic E-state index is 5.60. The Balaban J connectivity index is 1.80. The molecule has 1 aliphatic rings. The average molecular weight is 298 g/mol. The maximum atomic E-state index is 5.60. The molecule has 0 bridgehead atoms. The lowest BCUT2D eigenvalue weighted by Crippen LogP contribution is -2.11. The molecule has 1 aliphatic carbocycles. The van der Waals surface area contributed by atoms with E-state index in [1.165, 1.54) is 36.8 Å². The predicted octanol–water partition coefficient (Wildman–Crippen LogP) is 6.02. The van der Waals surface area contributed by atoms with Crippen LogP contribution in [-0.2, 0) is 11.3 Å². The fraction of sp³-hybridized carbons (Fsp3) is 0.524. The van der Waals surface area contributed by atoms with Gasteiger partial charge in [0.25, 0.3) is 0 Å². The number of allylic oxidation sites excluding steroid dienone is 3. The molecule has 1 aromatic rings. The first-order valence-electron chi connectivity index (χ1n) is 8.77. The van der Waals surface area contributed by atoms with Gasteiger partial charge in [0.05, 0.1) is 13.2 Å². The zero-order valence-electron chi connectivity index (χ0n) is 14.1. The molecule has 120 valence electrons. The molecule has 0 aromatic heterocycles. The van der Waals surface area contributed by atoms with Crippen LogP contribution in [0.4, 0.5) is 0 Å². The van der Waals surface area contributed by atoms with Crippen LogP contribution in [0.25, 0.3) is 0 Å². The summed E-state index contributed by atoms with van der Waals surface area (Å²) in [5, 5.41) is 0. The molecule has 0 N–H and O–H groups in total. The summed E-state index contributed by atoms with van der Waals surface area (Å²) in [5.74, 6) is 1.57. The van der Waals surface area contributed by atoms with E-state index >= 15 is 0 Å². The molecule has 0 aliphatic heterocycles. The van der Waals surface area contributed by atoms with Crippen molar-refractivity contribution in [2.24, 2.45) is 5.92 Å². The largest absolute Gasteiger partial charge is 0.373 e. The first-order valence-corrected chi connectivity index (χ1v) is 8.77. The van der Waals surface area contributed by atoms with Gasteiger partial charge in [0, 0.05) is 0 Å². The quantitative estimate of drug-likeness (QED) is 0.442. The van der Waals surface area contributed by atoms with Gasteiger partial charge in [-0.2, -0.15) is 0 Å². The molecule has 0 heterocycles. The number of hydrogen-bond acceptors (Lipinski definition) is 1. The van der Waals surface area contributed by atoms with Crippen molar-refractivity contribution < 1.29 is 4.74 Å². The summed E-state index contributed by atoms with van der Waals surface area (Å²) in [6.07, 6.45) is 15.3. The smallest absolute Gasteiger partial charge is 0.0721 e. The van der Waals surface area contributed by atoms with E-state index in [4.69, 9.17) is 4.74 Å². The highest BCUT2D eigenvalue weighted by molar-refractivity contribution is 5.25. The molecule has 0 spiro atoms. The number of rotatable bonds is 7. The Kier molecular flexibility index (Phi) is 7.45. The van der Waals surface area contributed by atoms with Gasteiger partial charge in [0.2, 0.25) is 0 Å². The van der Waals surface area contributed by atoms with Crippen LogP contribution in [0.3, 0.4) is 0 Å². The van der Waals surface area contributed by atoms with Crippen molar-refractivity contribution in [3.8, 4) is 0 Å². The highest BCUT2D eigenvalue weighted by Crippen LogP contribution is 2.36. The summed E-state index contributed by atoms with van der Waals surface area (Å²) in [4.78, 5) is 0. The van der Waals surface area contributed by atoms with Gasteiger partial charge in [0.1, 0.15) is 0 Å². The van der Waals surface area contributed by atoms with Crippen molar-refractivity contribution in [1.29, 1.82) is 0 Å². The molecule has 2 rings (SSSR count). The van der Waals surface area contributed by atoms with Crippen LogP contribution in [0.1, 0.15) is 63.0 Å². The van der Waals surface area contributed by atoms with Gasteiger partial charge in [-0.1, -0.05) is 55.5 Å². The third kappa shape index (κ3) is 5.46. The van der Waals surface area contributed by atoms with E-state index in [0.29, 0.717) is 13.2 Å². The van der Waals surface area contributed by atoms with Crippen LogP contribution in [0, 0.1) is 5.92 Å². The summed E-state index contributed by atoms with van der Waals surface area (Å²) in [6.45, 7) is 5.64. The minimum Gasteiger partial charge on any atom is -0.373 e. The molecule has 0 radical (unpaired) electrons. The van der Waals surface area contributed by atoms with E-state index in [-0.39, 0.29) is 0 Å². The average Bonchev–Trinajstić information content (AvgIpc) is 2.58. The van der Waals surface area contributed by atoms with Gasteiger partial charge in [0.15, 0.2) is 0 Å². The van der Waals surface area contributed by atoms with Gasteiger partial charge in [-0.3, -0.25) is 0 Å². The minimum absolute atomic E-state index is 0.702. The van der Waals surface area contributed by atoms with Crippen molar-refractivity contribution in [3.63, 3.8) is 0 Å². The van der Waals surface area contributed by atoms with Gasteiger partial charge in [-0.25, -0.2) is 0 Å². The number of ether oxygens (including phenoxy) is 1. The second-order valence-corrected chi connectivity index (χ2v) is 6.27. The van der Waals surface area contributed by atoms with Crippen molar-refractivity contribution in [3.05, 3.63) is 59.7 Å². The predicted molar refractivity (Wildman–Crippen MR) is 95.0 cm³/mol. The zero-order chi connectivity index (χ0) is 15.6. The van der Waals surface area contributed by atoms with Crippen molar-refractivity contribution in [2.75, 3.05) is 6.61 Å². The first-order chi connectivity index (χ1) is 10.8. The standard InChI is InChI=1S/C21H30O/c1-3-5-7-18-8-12-20(13-9-18)21-14-10-19(11-15-21)17-22-16-6-4-2/h4-7,10-11,14-15,18,20H,3,8-9,12-13,16-17H2,1-2H3/b6-4?,7-5+. The molecule has 0 amide bonds. The van der Waals surface area contributed by atoms with Crippen molar-refractivity contribution in [1.82, 2.24) is 0 Å². The molecule has 22 heavy (non-hydrogen) atoms. The lowest BCUT2D eigenvalue weighted by atomic mass is 9.78. The van der Waals surface area contributed by atoms with Gasteiger partial charge >= 0.3 is 0 Å². The highest BCUT2D eigenvalue weighted by atomic mass is 16.5. The van der Waals surface area contributed by atoms with Crippen LogP contribution in [0.2, 0.25) is 0 Å². The van der Waals surface area contributed by atoms with Crippen molar-refractivity contribution in [2.45, 2.75) is 58.5 Å². The Labute approximate surface area is 136 Å². The molecule has 1 saturated carbocycles. The molecule has 0 unspecified atom stereocenters. The molecule has 0 saturated heterocycles. The van der Waals surface area contributed by atoms with E-state index in [0.717, 1.165) is 18.3 Å². The Bertz CT molecular complexity index is 461. The van der Waals surface area contributed by atoms with Gasteiger partial charge in [-0.15, -0.1) is 0 Å². The highest BCUT2D eigenvalue weighted by Gasteiger charge is 2.20. The summed E-state index contributed by atoms with van der Waals surface area (Å²) in [6, 6.07) is 9.07. The second kappa shape index (κ2) is 9.63. The molecule has 1 fully saturated rings. The van der Waals surface area contributed by atoms with Crippen LogP contribution in [0.15, 0.2) is 48.6 Å². The first kappa shape index (κ1) is 17.0. The summed E-state index contributed by atoms with van der Waals surface area (Å²) < 4.78 is 5.60. The fourth-order valence-corrected chi connectivity index (χ4v) is 3.20. The van der Waals surface area contributed by atoms with Crippen molar-refractivity contribution >= 4 is 0 Å². The van der Waals surface area contributed by atoms with E-state index in [1.807, 2.05) is 19.1 Å². The monoisotopic (exact) mass is 298 g/mol. The Morgan fingerprint density at radius 2 is 1.77 bits per heavy atom. The van der Waals surface area contributed by atoms with E-state index < -0.39 is 0 Å². The zero-order valence-corrected chi connectivity index (χ0v) is 14.1. The number of hydrogen-bond donors (Lipinski definition) is 0. The lowest BCUT2D eigenvalue weighted by Gasteiger charge is -2.27. The van der Waals surface area contributed by atoms with Crippen LogP contribution < -0.4 is 0 Å². The maximum Gasteiger partial charge on any atom is 0.0721 e. The molecule has 1 nitrogen and oxygen atoms in total. The molecular weight excluding hydrogens is 268 g/mol.